The fourth-order valence-electron chi connectivity index (χ4n) is 2.97. The zero-order valence-corrected chi connectivity index (χ0v) is 13.2. The SMILES string of the molecule is O=C(NCc1cccs1)C1=NO[C@@H]2CN(c3cccnc3)C[C@H]12. The summed E-state index contributed by atoms with van der Waals surface area (Å²) in [4.78, 5) is 25.3. The van der Waals surface area contributed by atoms with Crippen molar-refractivity contribution in [3.05, 3.63) is 46.9 Å². The van der Waals surface area contributed by atoms with Crippen molar-refractivity contribution in [2.45, 2.75) is 12.6 Å². The Morgan fingerprint density at radius 3 is 3.13 bits per heavy atom. The van der Waals surface area contributed by atoms with Gasteiger partial charge >= 0.3 is 0 Å². The van der Waals surface area contributed by atoms with Gasteiger partial charge in [0.1, 0.15) is 0 Å². The van der Waals surface area contributed by atoms with Crippen molar-refractivity contribution in [3.63, 3.8) is 0 Å². The van der Waals surface area contributed by atoms with E-state index in [1.165, 1.54) is 0 Å². The Kier molecular flexibility index (Phi) is 3.70. The number of anilines is 1. The summed E-state index contributed by atoms with van der Waals surface area (Å²) in [5.41, 5.74) is 1.54. The lowest BCUT2D eigenvalue weighted by Crippen LogP contribution is -2.36. The van der Waals surface area contributed by atoms with Gasteiger partial charge in [-0.05, 0) is 23.6 Å². The number of carbonyl (C=O) groups is 1. The minimum Gasteiger partial charge on any atom is -0.389 e. The lowest BCUT2D eigenvalue weighted by Gasteiger charge is -2.18. The molecular formula is C16H16N4O2S. The molecule has 1 amide bonds. The van der Waals surface area contributed by atoms with Gasteiger partial charge in [-0.2, -0.15) is 0 Å². The van der Waals surface area contributed by atoms with Gasteiger partial charge in [0.05, 0.1) is 30.9 Å². The van der Waals surface area contributed by atoms with Gasteiger partial charge in [-0.1, -0.05) is 11.2 Å². The molecule has 1 N–H and O–H groups in total. The molecule has 0 spiro atoms. The van der Waals surface area contributed by atoms with Crippen molar-refractivity contribution in [3.8, 4) is 0 Å². The molecule has 4 rings (SSSR count). The first-order valence-electron chi connectivity index (χ1n) is 7.50. The van der Waals surface area contributed by atoms with Crippen LogP contribution in [0.2, 0.25) is 0 Å². The van der Waals surface area contributed by atoms with Gasteiger partial charge in [0.2, 0.25) is 0 Å². The highest BCUT2D eigenvalue weighted by atomic mass is 32.1. The van der Waals surface area contributed by atoms with Crippen molar-refractivity contribution in [1.29, 1.82) is 0 Å². The van der Waals surface area contributed by atoms with Gasteiger partial charge in [-0.3, -0.25) is 9.78 Å². The minimum absolute atomic E-state index is 0.0125. The largest absolute Gasteiger partial charge is 0.389 e. The summed E-state index contributed by atoms with van der Waals surface area (Å²) in [5.74, 6) is -0.127. The molecule has 6 nitrogen and oxygen atoms in total. The van der Waals surface area contributed by atoms with E-state index >= 15 is 0 Å². The van der Waals surface area contributed by atoms with E-state index in [2.05, 4.69) is 20.4 Å². The van der Waals surface area contributed by atoms with E-state index in [9.17, 15) is 4.79 Å². The predicted molar refractivity (Wildman–Crippen MR) is 88.4 cm³/mol. The molecule has 2 aliphatic rings. The number of hydrogen-bond acceptors (Lipinski definition) is 6. The summed E-state index contributed by atoms with van der Waals surface area (Å²) >= 11 is 1.62. The van der Waals surface area contributed by atoms with E-state index in [0.717, 1.165) is 23.7 Å². The number of amides is 1. The third kappa shape index (κ3) is 2.79. The molecule has 1 fully saturated rings. The molecule has 118 valence electrons. The molecular weight excluding hydrogens is 312 g/mol. The zero-order chi connectivity index (χ0) is 15.6. The number of hydrogen-bond donors (Lipinski definition) is 1. The van der Waals surface area contributed by atoms with Crippen LogP contribution in [0.4, 0.5) is 5.69 Å². The Hall–Kier alpha value is -2.41. The Bertz CT molecular complexity index is 717. The molecule has 2 aliphatic heterocycles. The number of oxime groups is 1. The van der Waals surface area contributed by atoms with Crippen LogP contribution in [0.3, 0.4) is 0 Å². The quantitative estimate of drug-likeness (QED) is 0.927. The van der Waals surface area contributed by atoms with Crippen LogP contribution < -0.4 is 10.2 Å². The smallest absolute Gasteiger partial charge is 0.269 e. The van der Waals surface area contributed by atoms with Crippen LogP contribution in [-0.4, -0.2) is 35.8 Å². The monoisotopic (exact) mass is 328 g/mol. The fraction of sp³-hybridized carbons (Fsp3) is 0.312. The van der Waals surface area contributed by atoms with E-state index in [-0.39, 0.29) is 17.9 Å². The first-order chi connectivity index (χ1) is 11.3. The molecule has 0 bridgehead atoms. The first kappa shape index (κ1) is 14.2. The maximum Gasteiger partial charge on any atom is 0.269 e. The van der Waals surface area contributed by atoms with Gasteiger partial charge in [0.25, 0.3) is 5.91 Å². The molecule has 23 heavy (non-hydrogen) atoms. The van der Waals surface area contributed by atoms with Crippen LogP contribution in [0, 0.1) is 5.92 Å². The molecule has 2 atom stereocenters. The van der Waals surface area contributed by atoms with Gasteiger partial charge < -0.3 is 15.1 Å². The molecule has 4 heterocycles. The van der Waals surface area contributed by atoms with Crippen molar-refractivity contribution in [1.82, 2.24) is 10.3 Å². The normalized spacial score (nSPS) is 22.4. The van der Waals surface area contributed by atoms with Crippen molar-refractivity contribution in [2.75, 3.05) is 18.0 Å². The lowest BCUT2D eigenvalue weighted by atomic mass is 10.0. The van der Waals surface area contributed by atoms with E-state index in [0.29, 0.717) is 12.3 Å². The van der Waals surface area contributed by atoms with Crippen LogP contribution in [0.1, 0.15) is 4.88 Å². The fourth-order valence-corrected chi connectivity index (χ4v) is 3.61. The molecule has 0 aliphatic carbocycles. The second kappa shape index (κ2) is 6.00. The van der Waals surface area contributed by atoms with Crippen LogP contribution in [0.25, 0.3) is 0 Å². The third-order valence-electron chi connectivity index (χ3n) is 4.15. The molecule has 0 saturated carbocycles. The van der Waals surface area contributed by atoms with Gasteiger partial charge in [-0.25, -0.2) is 0 Å². The van der Waals surface area contributed by atoms with E-state index in [4.69, 9.17) is 4.84 Å². The van der Waals surface area contributed by atoms with Crippen LogP contribution >= 0.6 is 11.3 Å². The highest BCUT2D eigenvalue weighted by Crippen LogP contribution is 2.30. The third-order valence-corrected chi connectivity index (χ3v) is 5.03. The van der Waals surface area contributed by atoms with Gasteiger partial charge in [0.15, 0.2) is 11.8 Å². The number of thiophene rings is 1. The van der Waals surface area contributed by atoms with Gasteiger partial charge in [0, 0.05) is 17.6 Å². The summed E-state index contributed by atoms with van der Waals surface area (Å²) in [5, 5.41) is 8.93. The second-order valence-electron chi connectivity index (χ2n) is 5.61. The van der Waals surface area contributed by atoms with Gasteiger partial charge in [-0.15, -0.1) is 11.3 Å². The average Bonchev–Trinajstić information content (AvgIpc) is 3.30. The number of carbonyl (C=O) groups excluding carboxylic acids is 1. The molecule has 7 heteroatoms. The van der Waals surface area contributed by atoms with Crippen LogP contribution in [0.5, 0.6) is 0 Å². The molecule has 2 aromatic heterocycles. The second-order valence-corrected chi connectivity index (χ2v) is 6.64. The number of rotatable bonds is 4. The molecule has 0 radical (unpaired) electrons. The first-order valence-corrected chi connectivity index (χ1v) is 8.38. The molecule has 2 aromatic rings. The Morgan fingerprint density at radius 2 is 2.35 bits per heavy atom. The Labute approximate surface area is 137 Å². The zero-order valence-electron chi connectivity index (χ0n) is 12.4. The maximum absolute atomic E-state index is 12.4. The number of fused-ring (bicyclic) bond motifs is 1. The number of nitrogens with one attached hydrogen (secondary N) is 1. The van der Waals surface area contributed by atoms with E-state index in [1.807, 2.05) is 35.8 Å². The van der Waals surface area contributed by atoms with E-state index in [1.54, 1.807) is 17.5 Å². The van der Waals surface area contributed by atoms with Crippen molar-refractivity contribution < 1.29 is 9.63 Å². The summed E-state index contributed by atoms with van der Waals surface area (Å²) in [7, 11) is 0. The summed E-state index contributed by atoms with van der Waals surface area (Å²) in [6.45, 7) is 1.97. The molecule has 1 saturated heterocycles. The highest BCUT2D eigenvalue weighted by molar-refractivity contribution is 7.09. The Morgan fingerprint density at radius 1 is 1.39 bits per heavy atom. The standard InChI is InChI=1S/C16H16N4O2S/c21-16(18-8-12-4-2-6-23-12)15-13-9-20(10-14(13)22-19-15)11-3-1-5-17-7-11/h1-7,13-14H,8-10H2,(H,18,21)/t13-,14+/m0/s1. The molecule has 0 aromatic carbocycles. The predicted octanol–water partition coefficient (Wildman–Crippen LogP) is 1.65. The lowest BCUT2D eigenvalue weighted by molar-refractivity contribution is -0.115. The number of aromatic nitrogens is 1. The topological polar surface area (TPSA) is 66.8 Å². The summed E-state index contributed by atoms with van der Waals surface area (Å²) in [6, 6.07) is 7.90. The van der Waals surface area contributed by atoms with E-state index < -0.39 is 0 Å². The van der Waals surface area contributed by atoms with Crippen LogP contribution in [0.15, 0.2) is 47.2 Å². The number of pyridine rings is 1. The Balaban J connectivity index is 1.40. The summed E-state index contributed by atoms with van der Waals surface area (Å²) < 4.78 is 0. The summed E-state index contributed by atoms with van der Waals surface area (Å²) in [6.07, 6.45) is 3.52. The van der Waals surface area contributed by atoms with Crippen LogP contribution in [-0.2, 0) is 16.2 Å². The average molecular weight is 328 g/mol. The molecule has 0 unspecified atom stereocenters. The van der Waals surface area contributed by atoms with Crippen molar-refractivity contribution >= 4 is 28.6 Å². The minimum atomic E-state index is -0.140. The highest BCUT2D eigenvalue weighted by Gasteiger charge is 2.44. The number of nitrogens with zero attached hydrogens (tertiary/aromatic N) is 3. The maximum atomic E-state index is 12.4. The van der Waals surface area contributed by atoms with Crippen molar-refractivity contribution in [2.24, 2.45) is 11.1 Å².